The second-order valence-corrected chi connectivity index (χ2v) is 4.74. The minimum Gasteiger partial charge on any atom is -0.461 e. The molecule has 110 valence electrons. The van der Waals surface area contributed by atoms with Gasteiger partial charge in [-0.25, -0.2) is 4.79 Å². The minimum atomic E-state index is -0.521. The van der Waals surface area contributed by atoms with Crippen LogP contribution in [0.15, 0.2) is 48.5 Å². The molecule has 0 radical (unpaired) electrons. The number of hydrogen-bond donors (Lipinski definition) is 1. The third kappa shape index (κ3) is 2.48. The summed E-state index contributed by atoms with van der Waals surface area (Å²) in [5, 5.41) is 8.31. The highest BCUT2D eigenvalue weighted by Gasteiger charge is 2.18. The van der Waals surface area contributed by atoms with Crippen molar-refractivity contribution < 1.29 is 14.3 Å². The number of aromatic amines is 1. The third-order valence-corrected chi connectivity index (χ3v) is 3.34. The Balaban J connectivity index is 1.98. The Morgan fingerprint density at radius 3 is 2.73 bits per heavy atom. The number of hydrogen-bond acceptors (Lipinski definition) is 4. The molecule has 0 saturated carbocycles. The van der Waals surface area contributed by atoms with Gasteiger partial charge in [-0.15, -0.1) is 0 Å². The number of aromatic nitrogens is 2. The van der Waals surface area contributed by atoms with Crippen LogP contribution in [0.2, 0.25) is 0 Å². The van der Waals surface area contributed by atoms with Crippen molar-refractivity contribution in [3.05, 3.63) is 65.5 Å². The van der Waals surface area contributed by atoms with Gasteiger partial charge in [0.2, 0.25) is 5.78 Å². The molecule has 22 heavy (non-hydrogen) atoms. The van der Waals surface area contributed by atoms with Gasteiger partial charge in [0.25, 0.3) is 0 Å². The number of fused-ring (bicyclic) bond motifs is 1. The molecule has 0 aliphatic carbocycles. The number of nitrogens with one attached hydrogen (secondary N) is 1. The Hall–Kier alpha value is -2.95. The summed E-state index contributed by atoms with van der Waals surface area (Å²) >= 11 is 0. The molecule has 5 heteroatoms. The average molecular weight is 294 g/mol. The van der Waals surface area contributed by atoms with Crippen LogP contribution in [0, 0.1) is 0 Å². The SMILES string of the molecule is CCOC(=O)c1cc(C(=O)c2cccc3ccccc23)n[nH]1. The van der Waals surface area contributed by atoms with E-state index in [-0.39, 0.29) is 23.8 Å². The largest absolute Gasteiger partial charge is 0.461 e. The summed E-state index contributed by atoms with van der Waals surface area (Å²) in [5.74, 6) is -0.754. The molecule has 0 saturated heterocycles. The highest BCUT2D eigenvalue weighted by Crippen LogP contribution is 2.21. The molecule has 3 rings (SSSR count). The number of carbonyl (C=O) groups is 2. The van der Waals surface area contributed by atoms with Gasteiger partial charge >= 0.3 is 5.97 Å². The summed E-state index contributed by atoms with van der Waals surface area (Å²) in [6, 6.07) is 14.6. The van der Waals surface area contributed by atoms with Crippen molar-refractivity contribution in [2.24, 2.45) is 0 Å². The monoisotopic (exact) mass is 294 g/mol. The predicted octanol–water partition coefficient (Wildman–Crippen LogP) is 2.97. The van der Waals surface area contributed by atoms with E-state index < -0.39 is 5.97 Å². The normalized spacial score (nSPS) is 10.6. The Morgan fingerprint density at radius 2 is 1.91 bits per heavy atom. The zero-order valence-corrected chi connectivity index (χ0v) is 12.0. The second kappa shape index (κ2) is 5.81. The highest BCUT2D eigenvalue weighted by molar-refractivity contribution is 6.15. The molecule has 0 aliphatic rings. The maximum atomic E-state index is 12.6. The summed E-state index contributed by atoms with van der Waals surface area (Å²) in [6.45, 7) is 1.99. The van der Waals surface area contributed by atoms with Crippen molar-refractivity contribution >= 4 is 22.5 Å². The molecule has 2 aromatic carbocycles. The third-order valence-electron chi connectivity index (χ3n) is 3.34. The van der Waals surface area contributed by atoms with E-state index in [0.717, 1.165) is 10.8 Å². The number of H-pyrrole nitrogens is 1. The zero-order chi connectivity index (χ0) is 15.5. The topological polar surface area (TPSA) is 72.1 Å². The quantitative estimate of drug-likeness (QED) is 0.593. The van der Waals surface area contributed by atoms with Crippen molar-refractivity contribution in [2.45, 2.75) is 6.92 Å². The molecule has 0 amide bonds. The van der Waals surface area contributed by atoms with Gasteiger partial charge in [-0.1, -0.05) is 42.5 Å². The van der Waals surface area contributed by atoms with Gasteiger partial charge in [0.1, 0.15) is 11.4 Å². The van der Waals surface area contributed by atoms with E-state index in [9.17, 15) is 9.59 Å². The fourth-order valence-corrected chi connectivity index (χ4v) is 2.31. The first-order chi connectivity index (χ1) is 10.7. The molecule has 1 N–H and O–H groups in total. The Kier molecular flexibility index (Phi) is 3.70. The van der Waals surface area contributed by atoms with Crippen molar-refractivity contribution in [3.8, 4) is 0 Å². The van der Waals surface area contributed by atoms with Gasteiger partial charge in [-0.05, 0) is 17.7 Å². The standard InChI is InChI=1S/C17H14N2O3/c1-2-22-17(21)15-10-14(18-19-15)16(20)13-9-5-7-11-6-3-4-8-12(11)13/h3-10H,2H2,1H3,(H,18,19). The molecule has 0 fully saturated rings. The van der Waals surface area contributed by atoms with Gasteiger partial charge in [0, 0.05) is 11.6 Å². The smallest absolute Gasteiger partial charge is 0.356 e. The molecular formula is C17H14N2O3. The number of ketones is 1. The number of nitrogens with zero attached hydrogens (tertiary/aromatic N) is 1. The minimum absolute atomic E-state index is 0.172. The molecule has 0 spiro atoms. The average Bonchev–Trinajstić information content (AvgIpc) is 3.04. The van der Waals surface area contributed by atoms with Crippen LogP contribution >= 0.6 is 0 Å². The lowest BCUT2D eigenvalue weighted by atomic mass is 10.00. The zero-order valence-electron chi connectivity index (χ0n) is 12.0. The van der Waals surface area contributed by atoms with E-state index in [1.807, 2.05) is 36.4 Å². The Morgan fingerprint density at radius 1 is 1.14 bits per heavy atom. The van der Waals surface area contributed by atoms with Crippen molar-refractivity contribution in [3.63, 3.8) is 0 Å². The number of ether oxygens (including phenoxy) is 1. The summed E-state index contributed by atoms with van der Waals surface area (Å²) in [7, 11) is 0. The van der Waals surface area contributed by atoms with Crippen molar-refractivity contribution in [1.82, 2.24) is 10.2 Å². The Labute approximate surface area is 126 Å². The number of benzene rings is 2. The van der Waals surface area contributed by atoms with Crippen LogP contribution in [-0.4, -0.2) is 28.6 Å². The molecule has 0 aliphatic heterocycles. The Bertz CT molecular complexity index is 846. The summed E-state index contributed by atoms with van der Waals surface area (Å²) < 4.78 is 4.88. The molecule has 0 unspecified atom stereocenters. The van der Waals surface area contributed by atoms with Crippen LogP contribution < -0.4 is 0 Å². The van der Waals surface area contributed by atoms with Gasteiger partial charge in [0.15, 0.2) is 0 Å². The van der Waals surface area contributed by atoms with Crippen molar-refractivity contribution in [2.75, 3.05) is 6.61 Å². The van der Waals surface area contributed by atoms with E-state index >= 15 is 0 Å². The fourth-order valence-electron chi connectivity index (χ4n) is 2.31. The first-order valence-electron chi connectivity index (χ1n) is 6.95. The molecule has 1 heterocycles. The first-order valence-corrected chi connectivity index (χ1v) is 6.95. The van der Waals surface area contributed by atoms with Gasteiger partial charge in [-0.3, -0.25) is 9.89 Å². The van der Waals surface area contributed by atoms with Crippen molar-refractivity contribution in [1.29, 1.82) is 0 Å². The molecule has 0 atom stereocenters. The summed E-state index contributed by atoms with van der Waals surface area (Å²) in [6.07, 6.45) is 0. The number of esters is 1. The van der Waals surface area contributed by atoms with Crippen LogP contribution in [0.3, 0.4) is 0 Å². The van der Waals surface area contributed by atoms with Gasteiger partial charge in [0.05, 0.1) is 6.61 Å². The van der Waals surface area contributed by atoms with Crippen LogP contribution in [0.25, 0.3) is 10.8 Å². The maximum absolute atomic E-state index is 12.6. The number of carbonyl (C=O) groups excluding carboxylic acids is 2. The van der Waals surface area contributed by atoms with E-state index in [0.29, 0.717) is 5.56 Å². The van der Waals surface area contributed by atoms with Crippen LogP contribution in [0.4, 0.5) is 0 Å². The molecule has 5 nitrogen and oxygen atoms in total. The number of rotatable bonds is 4. The van der Waals surface area contributed by atoms with E-state index in [1.54, 1.807) is 13.0 Å². The molecular weight excluding hydrogens is 280 g/mol. The van der Waals surface area contributed by atoms with Crippen LogP contribution in [0.5, 0.6) is 0 Å². The summed E-state index contributed by atoms with van der Waals surface area (Å²) in [4.78, 5) is 24.2. The van der Waals surface area contributed by atoms with E-state index in [2.05, 4.69) is 10.2 Å². The first kappa shape index (κ1) is 14.0. The van der Waals surface area contributed by atoms with Crippen LogP contribution in [-0.2, 0) is 4.74 Å². The molecule has 3 aromatic rings. The second-order valence-electron chi connectivity index (χ2n) is 4.74. The van der Waals surface area contributed by atoms with E-state index in [1.165, 1.54) is 6.07 Å². The van der Waals surface area contributed by atoms with Gasteiger partial charge < -0.3 is 4.74 Å². The predicted molar refractivity (Wildman–Crippen MR) is 81.9 cm³/mol. The maximum Gasteiger partial charge on any atom is 0.356 e. The lowest BCUT2D eigenvalue weighted by Crippen LogP contribution is -2.05. The lowest BCUT2D eigenvalue weighted by Gasteiger charge is -2.03. The van der Waals surface area contributed by atoms with E-state index in [4.69, 9.17) is 4.74 Å². The molecule has 1 aromatic heterocycles. The summed E-state index contributed by atoms with van der Waals surface area (Å²) in [5.41, 5.74) is 0.921. The fraction of sp³-hybridized carbons (Fsp3) is 0.118. The highest BCUT2D eigenvalue weighted by atomic mass is 16.5. The lowest BCUT2D eigenvalue weighted by molar-refractivity contribution is 0.0519. The molecule has 0 bridgehead atoms. The van der Waals surface area contributed by atoms with Crippen LogP contribution in [0.1, 0.15) is 33.5 Å². The van der Waals surface area contributed by atoms with Gasteiger partial charge in [-0.2, -0.15) is 5.10 Å².